The highest BCUT2D eigenvalue weighted by atomic mass is 32.1. The summed E-state index contributed by atoms with van der Waals surface area (Å²) in [5.41, 5.74) is 0.396. The number of rotatable bonds is 3. The Hall–Kier alpha value is -1.89. The lowest BCUT2D eigenvalue weighted by atomic mass is 10.1. The van der Waals surface area contributed by atoms with E-state index in [1.807, 2.05) is 0 Å². The second-order valence-electron chi connectivity index (χ2n) is 3.80. The van der Waals surface area contributed by atoms with Crippen molar-refractivity contribution < 1.29 is 19.1 Å². The molecule has 0 radical (unpaired) electrons. The van der Waals surface area contributed by atoms with Gasteiger partial charge in [0.15, 0.2) is 5.06 Å². The van der Waals surface area contributed by atoms with E-state index in [0.717, 1.165) is 0 Å². The number of piperidine rings is 1. The lowest BCUT2D eigenvalue weighted by molar-refractivity contribution is -0.134. The standard InChI is InChI=1S/C11H12N2O4S/c1-17-11-6(4-5-18-11)9(15)12-7-2-3-8(14)13-10(7)16/h4-5,7H,2-3H2,1H3,(H,12,15)(H,13,14,16)/t7-/m0/s1. The van der Waals surface area contributed by atoms with Crippen LogP contribution in [0, 0.1) is 0 Å². The molecule has 1 saturated heterocycles. The molecule has 0 bridgehead atoms. The van der Waals surface area contributed by atoms with Crippen molar-refractivity contribution >= 4 is 29.1 Å². The third kappa shape index (κ3) is 2.51. The molecule has 1 aliphatic heterocycles. The number of ether oxygens (including phenoxy) is 1. The van der Waals surface area contributed by atoms with Gasteiger partial charge in [-0.15, -0.1) is 11.3 Å². The molecule has 1 aromatic heterocycles. The Bertz CT molecular complexity index is 497. The molecule has 0 spiro atoms. The summed E-state index contributed by atoms with van der Waals surface area (Å²) in [7, 11) is 1.48. The molecule has 1 atom stereocenters. The van der Waals surface area contributed by atoms with E-state index in [4.69, 9.17) is 4.74 Å². The Morgan fingerprint density at radius 3 is 3.00 bits per heavy atom. The van der Waals surface area contributed by atoms with Gasteiger partial charge in [0.2, 0.25) is 11.8 Å². The maximum absolute atomic E-state index is 11.9. The fraction of sp³-hybridized carbons (Fsp3) is 0.364. The molecule has 0 unspecified atom stereocenters. The van der Waals surface area contributed by atoms with Crippen LogP contribution in [0.15, 0.2) is 11.4 Å². The molecule has 0 saturated carbocycles. The third-order valence-electron chi connectivity index (χ3n) is 2.60. The van der Waals surface area contributed by atoms with Gasteiger partial charge in [-0.25, -0.2) is 0 Å². The molecule has 3 amide bonds. The van der Waals surface area contributed by atoms with Crippen molar-refractivity contribution in [3.8, 4) is 5.06 Å². The van der Waals surface area contributed by atoms with Crippen LogP contribution in [0.1, 0.15) is 23.2 Å². The molecule has 1 fully saturated rings. The minimum absolute atomic E-state index is 0.234. The van der Waals surface area contributed by atoms with E-state index in [1.54, 1.807) is 11.4 Å². The van der Waals surface area contributed by atoms with E-state index >= 15 is 0 Å². The fourth-order valence-electron chi connectivity index (χ4n) is 1.69. The number of carbonyl (C=O) groups is 3. The van der Waals surface area contributed by atoms with Gasteiger partial charge in [0, 0.05) is 6.42 Å². The highest BCUT2D eigenvalue weighted by molar-refractivity contribution is 7.12. The maximum atomic E-state index is 11.9. The van der Waals surface area contributed by atoms with Crippen molar-refractivity contribution in [2.75, 3.05) is 7.11 Å². The van der Waals surface area contributed by atoms with E-state index in [1.165, 1.54) is 18.4 Å². The predicted octanol–water partition coefficient (Wildman–Crippen LogP) is 0.292. The summed E-state index contributed by atoms with van der Waals surface area (Å²) in [5.74, 6) is -1.14. The Labute approximate surface area is 107 Å². The number of amides is 3. The summed E-state index contributed by atoms with van der Waals surface area (Å²) >= 11 is 1.30. The molecular formula is C11H12N2O4S. The van der Waals surface area contributed by atoms with Gasteiger partial charge in [-0.05, 0) is 17.9 Å². The summed E-state index contributed by atoms with van der Waals surface area (Å²) in [6, 6.07) is 0.963. The van der Waals surface area contributed by atoms with Crippen LogP contribution in [0.4, 0.5) is 0 Å². The predicted molar refractivity (Wildman–Crippen MR) is 64.5 cm³/mol. The first-order valence-corrected chi connectivity index (χ1v) is 6.26. The molecule has 1 aromatic rings. The van der Waals surface area contributed by atoms with E-state index in [2.05, 4.69) is 10.6 Å². The molecule has 2 N–H and O–H groups in total. The first kappa shape index (κ1) is 12.6. The van der Waals surface area contributed by atoms with Gasteiger partial charge in [0.05, 0.1) is 12.7 Å². The summed E-state index contributed by atoms with van der Waals surface area (Å²) in [6.45, 7) is 0. The van der Waals surface area contributed by atoms with Gasteiger partial charge in [-0.2, -0.15) is 0 Å². The zero-order chi connectivity index (χ0) is 13.1. The Balaban J connectivity index is 2.03. The van der Waals surface area contributed by atoms with Crippen molar-refractivity contribution in [3.63, 3.8) is 0 Å². The molecule has 18 heavy (non-hydrogen) atoms. The smallest absolute Gasteiger partial charge is 0.256 e. The van der Waals surface area contributed by atoms with Crippen molar-refractivity contribution in [1.82, 2.24) is 10.6 Å². The Morgan fingerprint density at radius 2 is 2.33 bits per heavy atom. The van der Waals surface area contributed by atoms with Gasteiger partial charge in [-0.3, -0.25) is 19.7 Å². The SMILES string of the molecule is COc1sccc1C(=O)N[C@H]1CCC(=O)NC1=O. The summed E-state index contributed by atoms with van der Waals surface area (Å²) in [4.78, 5) is 34.4. The van der Waals surface area contributed by atoms with Crippen LogP contribution in [-0.4, -0.2) is 30.9 Å². The van der Waals surface area contributed by atoms with E-state index < -0.39 is 11.9 Å². The lowest BCUT2D eigenvalue weighted by Gasteiger charge is -2.21. The normalized spacial score (nSPS) is 19.3. The molecule has 7 heteroatoms. The molecule has 96 valence electrons. The van der Waals surface area contributed by atoms with Crippen LogP contribution in [-0.2, 0) is 9.59 Å². The highest BCUT2D eigenvalue weighted by Gasteiger charge is 2.28. The first-order chi connectivity index (χ1) is 8.61. The van der Waals surface area contributed by atoms with Crippen LogP contribution < -0.4 is 15.4 Å². The number of hydrogen-bond donors (Lipinski definition) is 2. The van der Waals surface area contributed by atoms with Crippen LogP contribution >= 0.6 is 11.3 Å². The van der Waals surface area contributed by atoms with Gasteiger partial charge >= 0.3 is 0 Å². The van der Waals surface area contributed by atoms with Gasteiger partial charge in [0.25, 0.3) is 5.91 Å². The topological polar surface area (TPSA) is 84.5 Å². The summed E-state index contributed by atoms with van der Waals surface area (Å²) < 4.78 is 5.04. The van der Waals surface area contributed by atoms with Crippen LogP contribution in [0.5, 0.6) is 5.06 Å². The molecule has 0 aliphatic carbocycles. The van der Waals surface area contributed by atoms with E-state index in [-0.39, 0.29) is 18.2 Å². The minimum atomic E-state index is -0.667. The zero-order valence-electron chi connectivity index (χ0n) is 9.69. The lowest BCUT2D eigenvalue weighted by Crippen LogP contribution is -2.52. The second kappa shape index (κ2) is 5.18. The number of imide groups is 1. The van der Waals surface area contributed by atoms with Gasteiger partial charge < -0.3 is 10.1 Å². The van der Waals surface area contributed by atoms with Gasteiger partial charge in [-0.1, -0.05) is 0 Å². The number of nitrogens with one attached hydrogen (secondary N) is 2. The van der Waals surface area contributed by atoms with Crippen molar-refractivity contribution in [2.24, 2.45) is 0 Å². The first-order valence-electron chi connectivity index (χ1n) is 5.38. The van der Waals surface area contributed by atoms with Crippen molar-refractivity contribution in [2.45, 2.75) is 18.9 Å². The zero-order valence-corrected chi connectivity index (χ0v) is 10.5. The molecule has 0 aromatic carbocycles. The van der Waals surface area contributed by atoms with Crippen LogP contribution in [0.25, 0.3) is 0 Å². The minimum Gasteiger partial charge on any atom is -0.487 e. The number of hydrogen-bond acceptors (Lipinski definition) is 5. The van der Waals surface area contributed by atoms with Gasteiger partial charge in [0.1, 0.15) is 6.04 Å². The average Bonchev–Trinajstić information content (AvgIpc) is 2.81. The second-order valence-corrected chi connectivity index (χ2v) is 4.68. The quantitative estimate of drug-likeness (QED) is 0.772. The monoisotopic (exact) mass is 268 g/mol. The number of methoxy groups -OCH3 is 1. The van der Waals surface area contributed by atoms with E-state index in [0.29, 0.717) is 17.0 Å². The Kier molecular flexibility index (Phi) is 3.61. The maximum Gasteiger partial charge on any atom is 0.256 e. The molecular weight excluding hydrogens is 256 g/mol. The van der Waals surface area contributed by atoms with Crippen LogP contribution in [0.3, 0.4) is 0 Å². The van der Waals surface area contributed by atoms with E-state index in [9.17, 15) is 14.4 Å². The highest BCUT2D eigenvalue weighted by Crippen LogP contribution is 2.25. The Morgan fingerprint density at radius 1 is 1.56 bits per heavy atom. The molecule has 6 nitrogen and oxygen atoms in total. The van der Waals surface area contributed by atoms with Crippen molar-refractivity contribution in [3.05, 3.63) is 17.0 Å². The fourth-order valence-corrected chi connectivity index (χ4v) is 2.40. The number of thiophene rings is 1. The average molecular weight is 268 g/mol. The molecule has 1 aliphatic rings. The molecule has 2 rings (SSSR count). The summed E-state index contributed by atoms with van der Waals surface area (Å²) in [6.07, 6.45) is 0.556. The molecule has 2 heterocycles. The van der Waals surface area contributed by atoms with Crippen LogP contribution in [0.2, 0.25) is 0 Å². The summed E-state index contributed by atoms with van der Waals surface area (Å²) in [5, 5.41) is 7.01. The third-order valence-corrected chi connectivity index (χ3v) is 3.48. The largest absolute Gasteiger partial charge is 0.487 e. The van der Waals surface area contributed by atoms with Crippen molar-refractivity contribution in [1.29, 1.82) is 0 Å². The number of carbonyl (C=O) groups excluding carboxylic acids is 3.